The minimum absolute atomic E-state index is 0.247. The van der Waals surface area contributed by atoms with Crippen LogP contribution in [0.2, 0.25) is 0 Å². The number of aliphatic carboxylic acids is 1. The van der Waals surface area contributed by atoms with Crippen molar-refractivity contribution in [1.82, 2.24) is 5.32 Å². The normalized spacial score (nSPS) is 11.7. The smallest absolute Gasteiger partial charge is 0.412 e. The van der Waals surface area contributed by atoms with Crippen LogP contribution < -0.4 is 15.8 Å². The number of nitrogens with two attached hydrogens (primary N) is 1. The first kappa shape index (κ1) is 15.9. The van der Waals surface area contributed by atoms with Gasteiger partial charge in [-0.2, -0.15) is 0 Å². The number of unbranched alkanes of at least 4 members (excludes halogenated alkanes) is 1. The molecule has 0 aliphatic carbocycles. The third kappa shape index (κ3) is 6.14. The first-order valence-electron chi connectivity index (χ1n) is 6.18. The number of carboxylic acid groups (broad SMARTS) is 1. The highest BCUT2D eigenvalue weighted by atomic mass is 19.1. The van der Waals surface area contributed by atoms with Crippen LogP contribution in [0.1, 0.15) is 19.3 Å². The highest BCUT2D eigenvalue weighted by Gasteiger charge is 2.10. The lowest BCUT2D eigenvalue weighted by Crippen LogP contribution is -2.31. The van der Waals surface area contributed by atoms with Gasteiger partial charge in [-0.05, 0) is 43.5 Å². The Morgan fingerprint density at radius 1 is 1.30 bits per heavy atom. The fourth-order valence-electron chi connectivity index (χ4n) is 1.45. The fraction of sp³-hybridized carbons (Fsp3) is 0.385. The van der Waals surface area contributed by atoms with Crippen molar-refractivity contribution in [1.29, 1.82) is 0 Å². The van der Waals surface area contributed by atoms with Crippen LogP contribution in [-0.2, 0) is 4.79 Å². The molecule has 0 saturated heterocycles. The van der Waals surface area contributed by atoms with Gasteiger partial charge in [0, 0.05) is 6.54 Å². The predicted octanol–water partition coefficient (Wildman–Crippen LogP) is 1.50. The van der Waals surface area contributed by atoms with Gasteiger partial charge in [0.1, 0.15) is 17.6 Å². The van der Waals surface area contributed by atoms with Gasteiger partial charge in [0.25, 0.3) is 0 Å². The van der Waals surface area contributed by atoms with Gasteiger partial charge in [-0.15, -0.1) is 0 Å². The monoisotopic (exact) mass is 284 g/mol. The lowest BCUT2D eigenvalue weighted by atomic mass is 10.1. The summed E-state index contributed by atoms with van der Waals surface area (Å²) in [6.07, 6.45) is 0.896. The van der Waals surface area contributed by atoms with Crippen LogP contribution >= 0.6 is 0 Å². The molecule has 1 aromatic rings. The lowest BCUT2D eigenvalue weighted by molar-refractivity contribution is -0.138. The Hall–Kier alpha value is -2.15. The summed E-state index contributed by atoms with van der Waals surface area (Å²) in [7, 11) is 0. The van der Waals surface area contributed by atoms with E-state index in [2.05, 4.69) is 5.32 Å². The molecule has 1 rings (SSSR count). The van der Waals surface area contributed by atoms with E-state index in [-0.39, 0.29) is 5.75 Å². The molecule has 4 N–H and O–H groups in total. The van der Waals surface area contributed by atoms with Crippen molar-refractivity contribution in [2.45, 2.75) is 25.3 Å². The first-order chi connectivity index (χ1) is 9.49. The standard InChI is InChI=1S/C13H17FN2O4/c14-9-4-6-10(7-5-9)20-13(19)16-8-2-1-3-11(15)12(17)18/h4-7,11H,1-3,8,15H2,(H,16,19)(H,17,18). The van der Waals surface area contributed by atoms with Crippen molar-refractivity contribution in [2.24, 2.45) is 5.73 Å². The molecular formula is C13H17FN2O4. The SMILES string of the molecule is NC(CCCCNC(=O)Oc1ccc(F)cc1)C(=O)O. The maximum absolute atomic E-state index is 12.6. The predicted molar refractivity (Wildman–Crippen MR) is 69.9 cm³/mol. The van der Waals surface area contributed by atoms with Gasteiger partial charge >= 0.3 is 12.1 Å². The third-order valence-corrected chi connectivity index (χ3v) is 2.55. The molecule has 1 amide bonds. The molecule has 0 heterocycles. The van der Waals surface area contributed by atoms with Crippen LogP contribution in [0.5, 0.6) is 5.75 Å². The molecule has 6 nitrogen and oxygen atoms in total. The Balaban J connectivity index is 2.14. The molecule has 7 heteroatoms. The van der Waals surface area contributed by atoms with Crippen molar-refractivity contribution < 1.29 is 23.8 Å². The molecule has 0 aliphatic heterocycles. The number of carbonyl (C=O) groups is 2. The summed E-state index contributed by atoms with van der Waals surface area (Å²) in [6.45, 7) is 0.354. The molecule has 1 aromatic carbocycles. The van der Waals surface area contributed by atoms with Crippen molar-refractivity contribution in [3.8, 4) is 5.75 Å². The Labute approximate surface area is 115 Å². The molecule has 0 spiro atoms. The van der Waals surface area contributed by atoms with E-state index in [9.17, 15) is 14.0 Å². The summed E-state index contributed by atoms with van der Waals surface area (Å²) >= 11 is 0. The highest BCUT2D eigenvalue weighted by Crippen LogP contribution is 2.10. The Kier molecular flexibility index (Phi) is 6.45. The van der Waals surface area contributed by atoms with E-state index >= 15 is 0 Å². The lowest BCUT2D eigenvalue weighted by Gasteiger charge is -2.08. The zero-order chi connectivity index (χ0) is 15.0. The summed E-state index contributed by atoms with van der Waals surface area (Å²) in [6, 6.07) is 4.20. The molecule has 0 fully saturated rings. The molecule has 0 saturated carbocycles. The van der Waals surface area contributed by atoms with Gasteiger partial charge in [0.2, 0.25) is 0 Å². The van der Waals surface area contributed by atoms with Gasteiger partial charge < -0.3 is 20.9 Å². The summed E-state index contributed by atoms with van der Waals surface area (Å²) < 4.78 is 17.5. The second-order valence-electron chi connectivity index (χ2n) is 4.21. The van der Waals surface area contributed by atoms with Gasteiger partial charge in [0.05, 0.1) is 0 Å². The van der Waals surface area contributed by atoms with E-state index in [4.69, 9.17) is 15.6 Å². The molecule has 0 radical (unpaired) electrons. The second-order valence-corrected chi connectivity index (χ2v) is 4.21. The van der Waals surface area contributed by atoms with E-state index in [1.165, 1.54) is 24.3 Å². The number of amides is 1. The number of hydrogen-bond donors (Lipinski definition) is 3. The van der Waals surface area contributed by atoms with E-state index in [1.807, 2.05) is 0 Å². The molecular weight excluding hydrogens is 267 g/mol. The molecule has 0 aromatic heterocycles. The van der Waals surface area contributed by atoms with Gasteiger partial charge in [-0.3, -0.25) is 4.79 Å². The zero-order valence-corrected chi connectivity index (χ0v) is 10.8. The van der Waals surface area contributed by atoms with Crippen molar-refractivity contribution >= 4 is 12.1 Å². The Morgan fingerprint density at radius 2 is 1.95 bits per heavy atom. The van der Waals surface area contributed by atoms with Crippen molar-refractivity contribution in [3.63, 3.8) is 0 Å². The van der Waals surface area contributed by atoms with Crippen LogP contribution in [0.4, 0.5) is 9.18 Å². The number of carboxylic acids is 1. The third-order valence-electron chi connectivity index (χ3n) is 2.55. The number of benzene rings is 1. The number of rotatable bonds is 7. The number of hydrogen-bond acceptors (Lipinski definition) is 4. The van der Waals surface area contributed by atoms with Crippen LogP contribution in [0.15, 0.2) is 24.3 Å². The highest BCUT2D eigenvalue weighted by molar-refractivity contribution is 5.73. The van der Waals surface area contributed by atoms with E-state index in [0.29, 0.717) is 25.8 Å². The minimum atomic E-state index is -1.03. The molecule has 1 atom stereocenters. The number of halogens is 1. The zero-order valence-electron chi connectivity index (χ0n) is 10.8. The van der Waals surface area contributed by atoms with Crippen molar-refractivity contribution in [2.75, 3.05) is 6.54 Å². The van der Waals surface area contributed by atoms with Crippen LogP contribution in [0.25, 0.3) is 0 Å². The maximum atomic E-state index is 12.6. The molecule has 1 unspecified atom stereocenters. The van der Waals surface area contributed by atoms with E-state index < -0.39 is 23.9 Å². The van der Waals surface area contributed by atoms with Gasteiger partial charge in [-0.25, -0.2) is 9.18 Å². The average molecular weight is 284 g/mol. The molecule has 110 valence electrons. The largest absolute Gasteiger partial charge is 0.480 e. The summed E-state index contributed by atoms with van der Waals surface area (Å²) in [4.78, 5) is 21.8. The second kappa shape index (κ2) is 8.11. The summed E-state index contributed by atoms with van der Waals surface area (Å²) in [5, 5.41) is 11.1. The Bertz CT molecular complexity index is 450. The quantitative estimate of drug-likeness (QED) is 0.658. The topological polar surface area (TPSA) is 102 Å². The van der Waals surface area contributed by atoms with Crippen LogP contribution in [-0.4, -0.2) is 29.8 Å². The average Bonchev–Trinajstić information content (AvgIpc) is 2.40. The molecule has 0 aliphatic rings. The minimum Gasteiger partial charge on any atom is -0.480 e. The molecule has 0 bridgehead atoms. The maximum Gasteiger partial charge on any atom is 0.412 e. The molecule has 20 heavy (non-hydrogen) atoms. The van der Waals surface area contributed by atoms with Gasteiger partial charge in [-0.1, -0.05) is 0 Å². The van der Waals surface area contributed by atoms with Crippen molar-refractivity contribution in [3.05, 3.63) is 30.1 Å². The first-order valence-corrected chi connectivity index (χ1v) is 6.18. The summed E-state index contributed by atoms with van der Waals surface area (Å²) in [5.41, 5.74) is 5.33. The fourth-order valence-corrected chi connectivity index (χ4v) is 1.45. The summed E-state index contributed by atoms with van der Waals surface area (Å²) in [5.74, 6) is -1.20. The Morgan fingerprint density at radius 3 is 2.55 bits per heavy atom. The van der Waals surface area contributed by atoms with E-state index in [0.717, 1.165) is 0 Å². The number of ether oxygens (including phenoxy) is 1. The number of nitrogens with one attached hydrogen (secondary N) is 1. The van der Waals surface area contributed by atoms with Crippen LogP contribution in [0.3, 0.4) is 0 Å². The number of carbonyl (C=O) groups excluding carboxylic acids is 1. The van der Waals surface area contributed by atoms with Crippen LogP contribution in [0, 0.1) is 5.82 Å². The van der Waals surface area contributed by atoms with Gasteiger partial charge in [0.15, 0.2) is 0 Å². The van der Waals surface area contributed by atoms with E-state index in [1.54, 1.807) is 0 Å².